The van der Waals surface area contributed by atoms with Crippen LogP contribution in [-0.4, -0.2) is 24.1 Å². The van der Waals surface area contributed by atoms with Gasteiger partial charge in [-0.3, -0.25) is 0 Å². The lowest BCUT2D eigenvalue weighted by Crippen LogP contribution is -2.25. The Labute approximate surface area is 101 Å². The normalized spacial score (nSPS) is 13.4. The average molecular weight is 231 g/mol. The van der Waals surface area contributed by atoms with Gasteiger partial charge in [0.25, 0.3) is 0 Å². The molecule has 0 aromatic carbocycles. The summed E-state index contributed by atoms with van der Waals surface area (Å²) in [6.07, 6.45) is 5.47. The lowest BCUT2D eigenvalue weighted by atomic mass is 10.1. The predicted octanol–water partition coefficient (Wildman–Crippen LogP) is 3.93. The molecule has 92 valence electrons. The van der Waals surface area contributed by atoms with Crippen molar-refractivity contribution < 1.29 is 0 Å². The maximum atomic E-state index is 3.46. The van der Waals surface area contributed by atoms with Crippen LogP contribution < -0.4 is 5.32 Å². The van der Waals surface area contributed by atoms with Crippen molar-refractivity contribution in [2.24, 2.45) is 5.92 Å². The summed E-state index contributed by atoms with van der Waals surface area (Å²) in [6.45, 7) is 10.2. The van der Waals surface area contributed by atoms with Crippen LogP contribution in [0, 0.1) is 5.92 Å². The zero-order chi connectivity index (χ0) is 11.5. The number of nitrogens with one attached hydrogen (secondary N) is 1. The van der Waals surface area contributed by atoms with Crippen LogP contribution >= 0.6 is 11.8 Å². The standard InChI is InChI=1S/C13H29NS/c1-5-14-13(4)8-6-7-10-15-11-9-12(2)3/h12-14H,5-11H2,1-4H3. The van der Waals surface area contributed by atoms with Gasteiger partial charge in [-0.05, 0) is 50.2 Å². The third-order valence-electron chi connectivity index (χ3n) is 2.57. The SMILES string of the molecule is CCNC(C)CCCCSCCC(C)C. The van der Waals surface area contributed by atoms with Crippen LogP contribution in [0.15, 0.2) is 0 Å². The largest absolute Gasteiger partial charge is 0.315 e. The topological polar surface area (TPSA) is 12.0 Å². The van der Waals surface area contributed by atoms with E-state index < -0.39 is 0 Å². The minimum atomic E-state index is 0.704. The Bertz CT molecular complexity index is 126. The van der Waals surface area contributed by atoms with E-state index in [9.17, 15) is 0 Å². The summed E-state index contributed by atoms with van der Waals surface area (Å²) in [4.78, 5) is 0. The van der Waals surface area contributed by atoms with Crippen molar-refractivity contribution in [2.45, 2.75) is 59.4 Å². The first-order chi connectivity index (χ1) is 7.16. The molecule has 1 N–H and O–H groups in total. The first-order valence-electron chi connectivity index (χ1n) is 6.48. The van der Waals surface area contributed by atoms with Crippen LogP contribution in [0.25, 0.3) is 0 Å². The molecule has 0 heterocycles. The minimum absolute atomic E-state index is 0.704. The molecule has 15 heavy (non-hydrogen) atoms. The highest BCUT2D eigenvalue weighted by atomic mass is 32.2. The van der Waals surface area contributed by atoms with Gasteiger partial charge in [-0.25, -0.2) is 0 Å². The number of hydrogen-bond donors (Lipinski definition) is 1. The van der Waals surface area contributed by atoms with Gasteiger partial charge in [-0.1, -0.05) is 27.2 Å². The summed E-state index contributed by atoms with van der Waals surface area (Å²) in [6, 6.07) is 0.704. The molecule has 0 aromatic rings. The summed E-state index contributed by atoms with van der Waals surface area (Å²) in [5.41, 5.74) is 0. The number of hydrogen-bond acceptors (Lipinski definition) is 2. The molecule has 0 radical (unpaired) electrons. The molecule has 1 atom stereocenters. The number of unbranched alkanes of at least 4 members (excludes halogenated alkanes) is 1. The Kier molecular flexibility index (Phi) is 11.0. The monoisotopic (exact) mass is 231 g/mol. The summed E-state index contributed by atoms with van der Waals surface area (Å²) in [5.74, 6) is 3.57. The Hall–Kier alpha value is 0.310. The fourth-order valence-corrected chi connectivity index (χ4v) is 2.78. The van der Waals surface area contributed by atoms with E-state index in [-0.39, 0.29) is 0 Å². The quantitative estimate of drug-likeness (QED) is 0.572. The van der Waals surface area contributed by atoms with E-state index in [0.29, 0.717) is 6.04 Å². The molecule has 1 unspecified atom stereocenters. The molecule has 0 aliphatic carbocycles. The van der Waals surface area contributed by atoms with Crippen LogP contribution in [0.2, 0.25) is 0 Å². The molecule has 1 nitrogen and oxygen atoms in total. The van der Waals surface area contributed by atoms with Crippen LogP contribution in [0.1, 0.15) is 53.4 Å². The fourth-order valence-electron chi connectivity index (χ4n) is 1.53. The van der Waals surface area contributed by atoms with E-state index in [1.54, 1.807) is 0 Å². The third-order valence-corrected chi connectivity index (χ3v) is 3.67. The molecule has 0 bridgehead atoms. The molecule has 0 aliphatic rings. The van der Waals surface area contributed by atoms with Crippen LogP contribution in [0.5, 0.6) is 0 Å². The van der Waals surface area contributed by atoms with Gasteiger partial charge in [0.15, 0.2) is 0 Å². The van der Waals surface area contributed by atoms with Crippen LogP contribution in [0.4, 0.5) is 0 Å². The molecule has 0 saturated carbocycles. The number of rotatable bonds is 10. The van der Waals surface area contributed by atoms with E-state index in [1.807, 2.05) is 0 Å². The van der Waals surface area contributed by atoms with E-state index in [0.717, 1.165) is 12.5 Å². The first-order valence-corrected chi connectivity index (χ1v) is 7.63. The van der Waals surface area contributed by atoms with Gasteiger partial charge < -0.3 is 5.32 Å². The summed E-state index contributed by atoms with van der Waals surface area (Å²) >= 11 is 2.13. The van der Waals surface area contributed by atoms with Gasteiger partial charge in [0.05, 0.1) is 0 Å². The second kappa shape index (κ2) is 10.8. The molecule has 0 aliphatic heterocycles. The maximum Gasteiger partial charge on any atom is 0.00386 e. The van der Waals surface area contributed by atoms with Crippen molar-refractivity contribution in [2.75, 3.05) is 18.1 Å². The molecule has 0 aromatic heterocycles. The van der Waals surface area contributed by atoms with E-state index in [1.165, 1.54) is 37.2 Å². The highest BCUT2D eigenvalue weighted by Gasteiger charge is 1.99. The van der Waals surface area contributed by atoms with Gasteiger partial charge in [-0.15, -0.1) is 0 Å². The summed E-state index contributed by atoms with van der Waals surface area (Å²) < 4.78 is 0. The molecule has 0 spiro atoms. The summed E-state index contributed by atoms with van der Waals surface area (Å²) in [5, 5.41) is 3.46. The maximum absolute atomic E-state index is 3.46. The Morgan fingerprint density at radius 2 is 1.73 bits per heavy atom. The van der Waals surface area contributed by atoms with Crippen LogP contribution in [-0.2, 0) is 0 Å². The van der Waals surface area contributed by atoms with Crippen molar-refractivity contribution in [1.29, 1.82) is 0 Å². The third kappa shape index (κ3) is 12.2. The number of thioether (sulfide) groups is 1. The Morgan fingerprint density at radius 3 is 2.33 bits per heavy atom. The molecule has 0 rings (SSSR count). The first kappa shape index (κ1) is 15.3. The molecular weight excluding hydrogens is 202 g/mol. The molecule has 0 fully saturated rings. The van der Waals surface area contributed by atoms with Gasteiger partial charge in [0.1, 0.15) is 0 Å². The smallest absolute Gasteiger partial charge is 0.00386 e. The van der Waals surface area contributed by atoms with Gasteiger partial charge in [0.2, 0.25) is 0 Å². The van der Waals surface area contributed by atoms with Crippen molar-refractivity contribution in [3.8, 4) is 0 Å². The summed E-state index contributed by atoms with van der Waals surface area (Å²) in [7, 11) is 0. The van der Waals surface area contributed by atoms with Crippen molar-refractivity contribution in [3.63, 3.8) is 0 Å². The lowest BCUT2D eigenvalue weighted by Gasteiger charge is -2.11. The highest BCUT2D eigenvalue weighted by Crippen LogP contribution is 2.11. The van der Waals surface area contributed by atoms with Crippen molar-refractivity contribution >= 4 is 11.8 Å². The zero-order valence-electron chi connectivity index (χ0n) is 11.0. The Balaban J connectivity index is 3.04. The second-order valence-corrected chi connectivity index (χ2v) is 5.97. The van der Waals surface area contributed by atoms with Gasteiger partial charge in [-0.2, -0.15) is 11.8 Å². The van der Waals surface area contributed by atoms with Crippen molar-refractivity contribution in [1.82, 2.24) is 5.32 Å². The lowest BCUT2D eigenvalue weighted by molar-refractivity contribution is 0.510. The average Bonchev–Trinajstić information content (AvgIpc) is 2.16. The molecule has 0 saturated heterocycles. The van der Waals surface area contributed by atoms with Gasteiger partial charge >= 0.3 is 0 Å². The second-order valence-electron chi connectivity index (χ2n) is 4.75. The van der Waals surface area contributed by atoms with Crippen LogP contribution in [0.3, 0.4) is 0 Å². The Morgan fingerprint density at radius 1 is 1.00 bits per heavy atom. The van der Waals surface area contributed by atoms with Crippen molar-refractivity contribution in [3.05, 3.63) is 0 Å². The molecular formula is C13H29NS. The minimum Gasteiger partial charge on any atom is -0.315 e. The van der Waals surface area contributed by atoms with E-state index in [4.69, 9.17) is 0 Å². The molecule has 2 heteroatoms. The van der Waals surface area contributed by atoms with Gasteiger partial charge in [0, 0.05) is 6.04 Å². The fraction of sp³-hybridized carbons (Fsp3) is 1.00. The van der Waals surface area contributed by atoms with E-state index >= 15 is 0 Å². The predicted molar refractivity (Wildman–Crippen MR) is 73.8 cm³/mol. The molecule has 0 amide bonds. The van der Waals surface area contributed by atoms with E-state index in [2.05, 4.69) is 44.8 Å². The highest BCUT2D eigenvalue weighted by molar-refractivity contribution is 7.99. The zero-order valence-corrected chi connectivity index (χ0v) is 11.8.